The van der Waals surface area contributed by atoms with Gasteiger partial charge in [-0.1, -0.05) is 12.1 Å². The predicted octanol–water partition coefficient (Wildman–Crippen LogP) is 2.44. The zero-order valence-corrected chi connectivity index (χ0v) is 11.6. The molecule has 4 heteroatoms. The van der Waals surface area contributed by atoms with Gasteiger partial charge in [0.1, 0.15) is 5.82 Å². The van der Waals surface area contributed by atoms with Crippen LogP contribution in [0.4, 0.5) is 5.82 Å². The third-order valence-electron chi connectivity index (χ3n) is 3.71. The van der Waals surface area contributed by atoms with Crippen molar-refractivity contribution in [3.63, 3.8) is 0 Å². The van der Waals surface area contributed by atoms with E-state index in [1.54, 1.807) is 0 Å². The Bertz CT molecular complexity index is 581. The van der Waals surface area contributed by atoms with Gasteiger partial charge in [-0.05, 0) is 45.5 Å². The summed E-state index contributed by atoms with van der Waals surface area (Å²) in [6.45, 7) is 4.29. The zero-order chi connectivity index (χ0) is 13.2. The third-order valence-corrected chi connectivity index (χ3v) is 3.71. The van der Waals surface area contributed by atoms with E-state index in [2.05, 4.69) is 22.2 Å². The highest BCUT2D eigenvalue weighted by atomic mass is 15.2. The minimum Gasteiger partial charge on any atom is -0.365 e. The summed E-state index contributed by atoms with van der Waals surface area (Å²) in [7, 11) is 2.17. The Balaban J connectivity index is 1.85. The summed E-state index contributed by atoms with van der Waals surface area (Å²) in [5.74, 6) is 0.930. The Hall–Kier alpha value is -1.68. The monoisotopic (exact) mass is 256 g/mol. The number of aromatic nitrogens is 2. The number of para-hydroxylation sites is 2. The Morgan fingerprint density at radius 1 is 1.21 bits per heavy atom. The van der Waals surface area contributed by atoms with Crippen LogP contribution in [-0.4, -0.2) is 41.0 Å². The van der Waals surface area contributed by atoms with Crippen LogP contribution in [0, 0.1) is 6.92 Å². The lowest BCUT2D eigenvalue weighted by atomic mass is 10.1. The molecule has 1 atom stereocenters. The number of piperidine rings is 1. The van der Waals surface area contributed by atoms with E-state index in [1.807, 2.05) is 31.2 Å². The van der Waals surface area contributed by atoms with Crippen molar-refractivity contribution in [2.75, 3.05) is 25.5 Å². The van der Waals surface area contributed by atoms with Gasteiger partial charge in [0, 0.05) is 12.6 Å². The van der Waals surface area contributed by atoms with Crippen LogP contribution in [0.1, 0.15) is 18.5 Å². The van der Waals surface area contributed by atoms with Crippen LogP contribution in [0.5, 0.6) is 0 Å². The van der Waals surface area contributed by atoms with Gasteiger partial charge in [-0.15, -0.1) is 0 Å². The van der Waals surface area contributed by atoms with E-state index in [0.717, 1.165) is 29.1 Å². The molecule has 2 heterocycles. The van der Waals surface area contributed by atoms with Gasteiger partial charge < -0.3 is 10.2 Å². The Labute approximate surface area is 113 Å². The average Bonchev–Trinajstić information content (AvgIpc) is 2.40. The molecule has 0 amide bonds. The van der Waals surface area contributed by atoms with Crippen molar-refractivity contribution >= 4 is 16.9 Å². The summed E-state index contributed by atoms with van der Waals surface area (Å²) in [4.78, 5) is 11.7. The van der Waals surface area contributed by atoms with E-state index in [-0.39, 0.29) is 0 Å². The van der Waals surface area contributed by atoms with E-state index in [1.165, 1.54) is 19.4 Å². The summed E-state index contributed by atoms with van der Waals surface area (Å²) < 4.78 is 0. The van der Waals surface area contributed by atoms with Crippen LogP contribution < -0.4 is 5.32 Å². The molecule has 0 bridgehead atoms. The van der Waals surface area contributed by atoms with Gasteiger partial charge in [-0.2, -0.15) is 0 Å². The maximum Gasteiger partial charge on any atom is 0.148 e. The van der Waals surface area contributed by atoms with Crippen molar-refractivity contribution in [3.05, 3.63) is 30.0 Å². The highest BCUT2D eigenvalue weighted by Crippen LogP contribution is 2.19. The van der Waals surface area contributed by atoms with Gasteiger partial charge in [0.15, 0.2) is 0 Å². The van der Waals surface area contributed by atoms with Crippen molar-refractivity contribution in [1.29, 1.82) is 0 Å². The number of aryl methyl sites for hydroxylation is 1. The fourth-order valence-corrected chi connectivity index (χ4v) is 2.70. The van der Waals surface area contributed by atoms with Crippen LogP contribution in [-0.2, 0) is 0 Å². The predicted molar refractivity (Wildman–Crippen MR) is 78.4 cm³/mol. The molecule has 1 aromatic heterocycles. The molecule has 1 N–H and O–H groups in total. The fourth-order valence-electron chi connectivity index (χ4n) is 2.70. The van der Waals surface area contributed by atoms with Crippen LogP contribution in [0.25, 0.3) is 11.0 Å². The number of likely N-dealkylation sites (tertiary alicyclic amines) is 1. The molecule has 2 aromatic rings. The molecular weight excluding hydrogens is 236 g/mol. The molecule has 1 unspecified atom stereocenters. The second-order valence-electron chi connectivity index (χ2n) is 5.39. The third kappa shape index (κ3) is 2.68. The number of nitrogens with one attached hydrogen (secondary N) is 1. The van der Waals surface area contributed by atoms with E-state index < -0.39 is 0 Å². The molecule has 0 aliphatic carbocycles. The minimum atomic E-state index is 0.480. The molecule has 1 aliphatic rings. The molecule has 3 rings (SSSR count). The second-order valence-corrected chi connectivity index (χ2v) is 5.39. The van der Waals surface area contributed by atoms with Crippen molar-refractivity contribution in [2.45, 2.75) is 25.8 Å². The van der Waals surface area contributed by atoms with Crippen molar-refractivity contribution in [2.24, 2.45) is 0 Å². The largest absolute Gasteiger partial charge is 0.365 e. The molecule has 4 nitrogen and oxygen atoms in total. The molecule has 1 saturated heterocycles. The molecule has 1 fully saturated rings. The van der Waals surface area contributed by atoms with E-state index in [9.17, 15) is 0 Å². The Morgan fingerprint density at radius 2 is 1.95 bits per heavy atom. The number of hydrogen-bond donors (Lipinski definition) is 1. The molecule has 0 radical (unpaired) electrons. The Kier molecular flexibility index (Phi) is 3.34. The molecule has 100 valence electrons. The van der Waals surface area contributed by atoms with Gasteiger partial charge >= 0.3 is 0 Å². The quantitative estimate of drug-likeness (QED) is 0.896. The van der Waals surface area contributed by atoms with Crippen molar-refractivity contribution in [1.82, 2.24) is 14.9 Å². The van der Waals surface area contributed by atoms with Gasteiger partial charge in [0.2, 0.25) is 0 Å². The summed E-state index contributed by atoms with van der Waals surface area (Å²) in [5, 5.41) is 3.56. The highest BCUT2D eigenvalue weighted by Gasteiger charge is 2.18. The summed E-state index contributed by atoms with van der Waals surface area (Å²) in [6, 6.07) is 8.50. The number of nitrogens with zero attached hydrogens (tertiary/aromatic N) is 3. The van der Waals surface area contributed by atoms with Gasteiger partial charge in [0.25, 0.3) is 0 Å². The normalized spacial score (nSPS) is 20.6. The highest BCUT2D eigenvalue weighted by molar-refractivity contribution is 5.76. The zero-order valence-electron chi connectivity index (χ0n) is 11.6. The van der Waals surface area contributed by atoms with E-state index in [0.29, 0.717) is 6.04 Å². The first-order valence-corrected chi connectivity index (χ1v) is 6.91. The topological polar surface area (TPSA) is 41.1 Å². The number of benzene rings is 1. The lowest BCUT2D eigenvalue weighted by Crippen LogP contribution is -2.40. The maximum absolute atomic E-state index is 4.70. The summed E-state index contributed by atoms with van der Waals surface area (Å²) in [6.07, 6.45) is 2.45. The average molecular weight is 256 g/mol. The van der Waals surface area contributed by atoms with Gasteiger partial charge in [-0.3, -0.25) is 0 Å². The van der Waals surface area contributed by atoms with E-state index >= 15 is 0 Å². The van der Waals surface area contributed by atoms with Crippen LogP contribution >= 0.6 is 0 Å². The molecule has 1 aromatic carbocycles. The molecular formula is C15H20N4. The minimum absolute atomic E-state index is 0.480. The van der Waals surface area contributed by atoms with Crippen molar-refractivity contribution in [3.8, 4) is 0 Å². The van der Waals surface area contributed by atoms with E-state index in [4.69, 9.17) is 4.98 Å². The summed E-state index contributed by atoms with van der Waals surface area (Å²) in [5.41, 5.74) is 2.90. The number of anilines is 1. The maximum atomic E-state index is 4.70. The second kappa shape index (κ2) is 5.13. The van der Waals surface area contributed by atoms with Crippen LogP contribution in [0.3, 0.4) is 0 Å². The van der Waals surface area contributed by atoms with Gasteiger partial charge in [0.05, 0.1) is 16.7 Å². The first kappa shape index (κ1) is 12.4. The fraction of sp³-hybridized carbons (Fsp3) is 0.467. The molecule has 1 aliphatic heterocycles. The molecule has 0 spiro atoms. The van der Waals surface area contributed by atoms with Gasteiger partial charge in [-0.25, -0.2) is 9.97 Å². The number of fused-ring (bicyclic) bond motifs is 1. The lowest BCUT2D eigenvalue weighted by molar-refractivity contribution is 0.260. The number of hydrogen-bond acceptors (Lipinski definition) is 4. The lowest BCUT2D eigenvalue weighted by Gasteiger charge is -2.30. The smallest absolute Gasteiger partial charge is 0.148 e. The van der Waals surface area contributed by atoms with Crippen LogP contribution in [0.2, 0.25) is 0 Å². The Morgan fingerprint density at radius 3 is 2.68 bits per heavy atom. The number of rotatable bonds is 2. The SMILES string of the molecule is Cc1nc2ccccc2nc1NC1CCCN(C)C1. The standard InChI is InChI=1S/C15H20N4/c1-11-15(17-12-6-5-9-19(2)10-12)18-14-8-4-3-7-13(14)16-11/h3-4,7-8,12H,5-6,9-10H2,1-2H3,(H,17,18). The number of likely N-dealkylation sites (N-methyl/N-ethyl adjacent to an activating group) is 1. The van der Waals surface area contributed by atoms with Crippen LogP contribution in [0.15, 0.2) is 24.3 Å². The summed E-state index contributed by atoms with van der Waals surface area (Å²) >= 11 is 0. The first-order valence-electron chi connectivity index (χ1n) is 6.91. The molecule has 0 saturated carbocycles. The first-order chi connectivity index (χ1) is 9.22. The molecule has 19 heavy (non-hydrogen) atoms. The van der Waals surface area contributed by atoms with Crippen molar-refractivity contribution < 1.29 is 0 Å².